The van der Waals surface area contributed by atoms with Crippen LogP contribution in [0.2, 0.25) is 0 Å². The second-order valence-electron chi connectivity index (χ2n) is 4.77. The summed E-state index contributed by atoms with van der Waals surface area (Å²) in [5.41, 5.74) is -0.00588. The third-order valence-corrected chi connectivity index (χ3v) is 5.05. The lowest BCUT2D eigenvalue weighted by Crippen LogP contribution is -2.39. The SMILES string of the molecule is CC1CCS(=O)(=O)CCN1C(=O)c1ccccc1F. The molecular formula is C13H16FNO3S. The number of amides is 1. The maximum absolute atomic E-state index is 13.6. The Bertz CT molecular complexity index is 585. The molecule has 4 nitrogen and oxygen atoms in total. The van der Waals surface area contributed by atoms with Crippen LogP contribution in [0.25, 0.3) is 0 Å². The van der Waals surface area contributed by atoms with E-state index >= 15 is 0 Å². The van der Waals surface area contributed by atoms with Gasteiger partial charge >= 0.3 is 0 Å². The second-order valence-corrected chi connectivity index (χ2v) is 7.07. The minimum absolute atomic E-state index is 0.00588. The normalized spacial score (nSPS) is 22.8. The van der Waals surface area contributed by atoms with Crippen LogP contribution < -0.4 is 0 Å². The molecule has 1 unspecified atom stereocenters. The van der Waals surface area contributed by atoms with Crippen molar-refractivity contribution in [3.63, 3.8) is 0 Å². The van der Waals surface area contributed by atoms with Gasteiger partial charge in [-0.3, -0.25) is 4.79 Å². The van der Waals surface area contributed by atoms with Crippen LogP contribution in [0.4, 0.5) is 4.39 Å². The summed E-state index contributed by atoms with van der Waals surface area (Å²) in [7, 11) is -3.10. The molecule has 1 aliphatic rings. The molecule has 1 amide bonds. The van der Waals surface area contributed by atoms with E-state index < -0.39 is 21.6 Å². The Hall–Kier alpha value is -1.43. The highest BCUT2D eigenvalue weighted by molar-refractivity contribution is 7.91. The Morgan fingerprint density at radius 3 is 2.68 bits per heavy atom. The molecule has 2 rings (SSSR count). The van der Waals surface area contributed by atoms with E-state index in [0.29, 0.717) is 6.42 Å². The molecular weight excluding hydrogens is 269 g/mol. The molecule has 19 heavy (non-hydrogen) atoms. The third-order valence-electron chi connectivity index (χ3n) is 3.39. The average molecular weight is 285 g/mol. The number of rotatable bonds is 1. The summed E-state index contributed by atoms with van der Waals surface area (Å²) in [5.74, 6) is -0.998. The van der Waals surface area contributed by atoms with Gasteiger partial charge in [0.05, 0.1) is 17.1 Å². The summed E-state index contributed by atoms with van der Waals surface area (Å²) >= 11 is 0. The summed E-state index contributed by atoms with van der Waals surface area (Å²) < 4.78 is 36.8. The topological polar surface area (TPSA) is 54.5 Å². The van der Waals surface area contributed by atoms with Crippen molar-refractivity contribution in [1.82, 2.24) is 4.90 Å². The van der Waals surface area contributed by atoms with Gasteiger partial charge in [-0.25, -0.2) is 12.8 Å². The largest absolute Gasteiger partial charge is 0.335 e. The predicted octanol–water partition coefficient (Wildman–Crippen LogP) is 1.47. The van der Waals surface area contributed by atoms with Crippen molar-refractivity contribution in [2.75, 3.05) is 18.1 Å². The molecule has 0 aromatic heterocycles. The van der Waals surface area contributed by atoms with Gasteiger partial charge in [-0.2, -0.15) is 0 Å². The van der Waals surface area contributed by atoms with Crippen molar-refractivity contribution >= 4 is 15.7 Å². The molecule has 1 atom stereocenters. The molecule has 1 aromatic rings. The number of halogens is 1. The van der Waals surface area contributed by atoms with E-state index in [1.54, 1.807) is 13.0 Å². The lowest BCUT2D eigenvalue weighted by molar-refractivity contribution is 0.0701. The summed E-state index contributed by atoms with van der Waals surface area (Å²) in [6.07, 6.45) is 0.391. The van der Waals surface area contributed by atoms with Crippen LogP contribution in [0.5, 0.6) is 0 Å². The molecule has 6 heteroatoms. The average Bonchev–Trinajstić information content (AvgIpc) is 2.49. The van der Waals surface area contributed by atoms with E-state index in [-0.39, 0.29) is 29.7 Å². The van der Waals surface area contributed by atoms with Crippen molar-refractivity contribution < 1.29 is 17.6 Å². The van der Waals surface area contributed by atoms with Crippen molar-refractivity contribution in [3.05, 3.63) is 35.6 Å². The van der Waals surface area contributed by atoms with Gasteiger partial charge in [-0.05, 0) is 25.5 Å². The van der Waals surface area contributed by atoms with Gasteiger partial charge in [-0.1, -0.05) is 12.1 Å². The zero-order valence-electron chi connectivity index (χ0n) is 10.7. The number of nitrogens with zero attached hydrogens (tertiary/aromatic N) is 1. The highest BCUT2D eigenvalue weighted by Gasteiger charge is 2.29. The highest BCUT2D eigenvalue weighted by atomic mass is 32.2. The Balaban J connectivity index is 2.26. The van der Waals surface area contributed by atoms with Crippen LogP contribution in [0.1, 0.15) is 23.7 Å². The van der Waals surface area contributed by atoms with Crippen LogP contribution in [-0.2, 0) is 9.84 Å². The van der Waals surface area contributed by atoms with Gasteiger partial charge in [0.25, 0.3) is 5.91 Å². The zero-order valence-corrected chi connectivity index (χ0v) is 11.5. The summed E-state index contributed by atoms with van der Waals surface area (Å²) in [6.45, 7) is 1.91. The first-order valence-electron chi connectivity index (χ1n) is 6.16. The smallest absolute Gasteiger partial charge is 0.257 e. The number of benzene rings is 1. The first kappa shape index (κ1) is 14.0. The standard InChI is InChI=1S/C13H16FNO3S/c1-10-6-8-19(17,18)9-7-15(10)13(16)11-4-2-3-5-12(11)14/h2-5,10H,6-9H2,1H3. The monoisotopic (exact) mass is 285 g/mol. The van der Waals surface area contributed by atoms with Crippen LogP contribution in [-0.4, -0.2) is 43.3 Å². The van der Waals surface area contributed by atoms with E-state index in [4.69, 9.17) is 0 Å². The van der Waals surface area contributed by atoms with Crippen LogP contribution in [0.15, 0.2) is 24.3 Å². The number of hydrogen-bond donors (Lipinski definition) is 0. The van der Waals surface area contributed by atoms with Crippen LogP contribution >= 0.6 is 0 Å². The molecule has 1 saturated heterocycles. The molecule has 1 aliphatic heterocycles. The lowest BCUT2D eigenvalue weighted by Gasteiger charge is -2.26. The van der Waals surface area contributed by atoms with E-state index in [2.05, 4.69) is 0 Å². The minimum atomic E-state index is -3.10. The lowest BCUT2D eigenvalue weighted by atomic mass is 10.1. The quantitative estimate of drug-likeness (QED) is 0.785. The molecule has 1 fully saturated rings. The summed E-state index contributed by atoms with van der Waals surface area (Å²) in [5, 5.41) is 0. The molecule has 104 valence electrons. The van der Waals surface area contributed by atoms with Crippen molar-refractivity contribution in [3.8, 4) is 0 Å². The zero-order chi connectivity index (χ0) is 14.0. The molecule has 0 saturated carbocycles. The molecule has 1 aromatic carbocycles. The first-order valence-corrected chi connectivity index (χ1v) is 7.99. The molecule has 0 radical (unpaired) electrons. The van der Waals surface area contributed by atoms with Gasteiger partial charge in [-0.15, -0.1) is 0 Å². The number of carbonyl (C=O) groups excluding carboxylic acids is 1. The number of hydrogen-bond acceptors (Lipinski definition) is 3. The number of carbonyl (C=O) groups is 1. The van der Waals surface area contributed by atoms with Gasteiger partial charge in [0.2, 0.25) is 0 Å². The molecule has 0 aliphatic carbocycles. The fourth-order valence-electron chi connectivity index (χ4n) is 2.16. The number of sulfone groups is 1. The third kappa shape index (κ3) is 3.12. The molecule has 0 bridgehead atoms. The van der Waals surface area contributed by atoms with Crippen LogP contribution in [0.3, 0.4) is 0 Å². The second kappa shape index (κ2) is 5.28. The maximum atomic E-state index is 13.6. The first-order chi connectivity index (χ1) is 8.91. The summed E-state index contributed by atoms with van der Waals surface area (Å²) in [6, 6.07) is 5.55. The Kier molecular flexibility index (Phi) is 3.89. The Morgan fingerprint density at radius 1 is 1.32 bits per heavy atom. The van der Waals surface area contributed by atoms with Gasteiger partial charge in [0.15, 0.2) is 9.84 Å². The molecule has 0 N–H and O–H groups in total. The van der Waals surface area contributed by atoms with Crippen LogP contribution in [0, 0.1) is 5.82 Å². The fraction of sp³-hybridized carbons (Fsp3) is 0.462. The van der Waals surface area contributed by atoms with Gasteiger partial charge < -0.3 is 4.90 Å². The Morgan fingerprint density at radius 2 is 2.00 bits per heavy atom. The Labute approximate surface area is 112 Å². The van der Waals surface area contributed by atoms with Gasteiger partial charge in [0, 0.05) is 12.6 Å². The highest BCUT2D eigenvalue weighted by Crippen LogP contribution is 2.17. The summed E-state index contributed by atoms with van der Waals surface area (Å²) in [4.78, 5) is 13.7. The molecule has 1 heterocycles. The maximum Gasteiger partial charge on any atom is 0.257 e. The van der Waals surface area contributed by atoms with Gasteiger partial charge in [0.1, 0.15) is 5.82 Å². The van der Waals surface area contributed by atoms with E-state index in [9.17, 15) is 17.6 Å². The van der Waals surface area contributed by atoms with Crippen molar-refractivity contribution in [2.45, 2.75) is 19.4 Å². The van der Waals surface area contributed by atoms with E-state index in [0.717, 1.165) is 0 Å². The van der Waals surface area contributed by atoms with Crippen molar-refractivity contribution in [1.29, 1.82) is 0 Å². The predicted molar refractivity (Wildman–Crippen MR) is 70.2 cm³/mol. The van der Waals surface area contributed by atoms with E-state index in [1.165, 1.54) is 23.1 Å². The van der Waals surface area contributed by atoms with E-state index in [1.807, 2.05) is 0 Å². The minimum Gasteiger partial charge on any atom is -0.335 e. The molecule has 0 spiro atoms. The van der Waals surface area contributed by atoms with Crippen molar-refractivity contribution in [2.24, 2.45) is 0 Å². The fourth-order valence-corrected chi connectivity index (χ4v) is 3.54.